The average molecular weight is 344 g/mol. The van der Waals surface area contributed by atoms with Crippen molar-refractivity contribution in [1.29, 1.82) is 0 Å². The Morgan fingerprint density at radius 3 is 2.24 bits per heavy atom. The molecule has 0 N–H and O–H groups in total. The van der Waals surface area contributed by atoms with Gasteiger partial charge in [0.1, 0.15) is 6.10 Å². The van der Waals surface area contributed by atoms with Gasteiger partial charge in [-0.3, -0.25) is 9.59 Å². The summed E-state index contributed by atoms with van der Waals surface area (Å²) in [4.78, 5) is 29.3. The van der Waals surface area contributed by atoms with Crippen LogP contribution < -0.4 is 0 Å². The fraction of sp³-hybridized carbons (Fsp3) is 0.600. The summed E-state index contributed by atoms with van der Waals surface area (Å²) in [6.07, 6.45) is 1.51. The van der Waals surface area contributed by atoms with E-state index in [1.165, 1.54) is 0 Å². The first-order valence-electron chi connectivity index (χ1n) is 9.32. The molecular weight excluding hydrogens is 316 g/mol. The maximum Gasteiger partial charge on any atom is 0.251 e. The molecule has 0 bridgehead atoms. The quantitative estimate of drug-likeness (QED) is 0.842. The lowest BCUT2D eigenvalue weighted by Crippen LogP contribution is -2.53. The molecule has 2 saturated heterocycles. The zero-order valence-corrected chi connectivity index (χ0v) is 15.2. The van der Waals surface area contributed by atoms with Crippen molar-refractivity contribution in [2.75, 3.05) is 32.8 Å². The number of hydrogen-bond donors (Lipinski definition) is 0. The fourth-order valence-electron chi connectivity index (χ4n) is 3.79. The highest BCUT2D eigenvalue weighted by atomic mass is 16.5. The molecule has 0 saturated carbocycles. The van der Waals surface area contributed by atoms with E-state index >= 15 is 0 Å². The largest absolute Gasteiger partial charge is 0.368 e. The van der Waals surface area contributed by atoms with Gasteiger partial charge in [-0.05, 0) is 24.3 Å². The van der Waals surface area contributed by atoms with E-state index in [0.29, 0.717) is 32.8 Å². The molecule has 136 valence electrons. The van der Waals surface area contributed by atoms with Gasteiger partial charge in [0.15, 0.2) is 0 Å². The number of benzene rings is 1. The zero-order chi connectivity index (χ0) is 17.8. The third-order valence-corrected chi connectivity index (χ3v) is 5.20. The van der Waals surface area contributed by atoms with Crippen LogP contribution in [0.1, 0.15) is 38.2 Å². The Morgan fingerprint density at radius 1 is 1.04 bits per heavy atom. The molecule has 3 rings (SSSR count). The smallest absolute Gasteiger partial charge is 0.251 e. The minimum Gasteiger partial charge on any atom is -0.368 e. The van der Waals surface area contributed by atoms with E-state index in [-0.39, 0.29) is 29.8 Å². The predicted molar refractivity (Wildman–Crippen MR) is 96.2 cm³/mol. The van der Waals surface area contributed by atoms with Crippen LogP contribution in [0.15, 0.2) is 30.3 Å². The van der Waals surface area contributed by atoms with Crippen LogP contribution in [0.5, 0.6) is 0 Å². The van der Waals surface area contributed by atoms with Crippen LogP contribution in [-0.2, 0) is 14.3 Å². The second kappa shape index (κ2) is 8.00. The van der Waals surface area contributed by atoms with E-state index in [0.717, 1.165) is 18.4 Å². The summed E-state index contributed by atoms with van der Waals surface area (Å²) >= 11 is 0. The Kier molecular flexibility index (Phi) is 5.74. The van der Waals surface area contributed by atoms with Crippen molar-refractivity contribution in [1.82, 2.24) is 9.80 Å². The van der Waals surface area contributed by atoms with Crippen LogP contribution in [0, 0.1) is 5.92 Å². The number of carbonyl (C=O) groups excluding carboxylic acids is 2. The molecule has 2 aliphatic rings. The third kappa shape index (κ3) is 4.03. The van der Waals surface area contributed by atoms with Crippen molar-refractivity contribution in [3.05, 3.63) is 35.9 Å². The summed E-state index contributed by atoms with van der Waals surface area (Å²) in [6, 6.07) is 9.99. The van der Waals surface area contributed by atoms with E-state index < -0.39 is 0 Å². The van der Waals surface area contributed by atoms with Gasteiger partial charge in [-0.15, -0.1) is 0 Å². The standard InChI is InChI=1S/C20H28N2O3/c1-15(2)18(16-7-4-3-5-8-16)20(24)22-12-10-21(11-13-22)19(23)17-9-6-14-25-17/h3-5,7-8,15,17-18H,6,9-14H2,1-2H3. The van der Waals surface area contributed by atoms with Crippen molar-refractivity contribution in [3.63, 3.8) is 0 Å². The second-order valence-electron chi connectivity index (χ2n) is 7.28. The summed E-state index contributed by atoms with van der Waals surface area (Å²) in [5.74, 6) is 0.376. The minimum atomic E-state index is -0.269. The van der Waals surface area contributed by atoms with Gasteiger partial charge >= 0.3 is 0 Å². The molecule has 1 aromatic carbocycles. The van der Waals surface area contributed by atoms with E-state index in [2.05, 4.69) is 13.8 Å². The normalized spacial score (nSPS) is 22.3. The zero-order valence-electron chi connectivity index (χ0n) is 15.2. The fourth-order valence-corrected chi connectivity index (χ4v) is 3.79. The number of rotatable bonds is 4. The average Bonchev–Trinajstić information content (AvgIpc) is 3.16. The molecule has 0 aliphatic carbocycles. The summed E-state index contributed by atoms with van der Waals surface area (Å²) in [7, 11) is 0. The summed E-state index contributed by atoms with van der Waals surface area (Å²) < 4.78 is 5.50. The van der Waals surface area contributed by atoms with Crippen molar-refractivity contribution in [2.45, 2.75) is 38.7 Å². The van der Waals surface area contributed by atoms with Gasteiger partial charge in [0, 0.05) is 32.8 Å². The lowest BCUT2D eigenvalue weighted by atomic mass is 9.87. The van der Waals surface area contributed by atoms with E-state index in [9.17, 15) is 9.59 Å². The third-order valence-electron chi connectivity index (χ3n) is 5.20. The first-order valence-corrected chi connectivity index (χ1v) is 9.32. The monoisotopic (exact) mass is 344 g/mol. The van der Waals surface area contributed by atoms with Crippen molar-refractivity contribution in [3.8, 4) is 0 Å². The number of amides is 2. The predicted octanol–water partition coefficient (Wildman–Crippen LogP) is 2.28. The molecular formula is C20H28N2O3. The van der Waals surface area contributed by atoms with Crippen LogP contribution in [0.25, 0.3) is 0 Å². The second-order valence-corrected chi connectivity index (χ2v) is 7.28. The van der Waals surface area contributed by atoms with Crippen LogP contribution in [0.2, 0.25) is 0 Å². The van der Waals surface area contributed by atoms with E-state index in [1.807, 2.05) is 40.1 Å². The number of hydrogen-bond acceptors (Lipinski definition) is 3. The van der Waals surface area contributed by atoms with Gasteiger partial charge in [0.2, 0.25) is 5.91 Å². The summed E-state index contributed by atoms with van der Waals surface area (Å²) in [5.41, 5.74) is 1.07. The Labute approximate surface area is 149 Å². The van der Waals surface area contributed by atoms with Crippen LogP contribution in [0.4, 0.5) is 0 Å². The number of nitrogens with zero attached hydrogens (tertiary/aromatic N) is 2. The highest BCUT2D eigenvalue weighted by Gasteiger charge is 2.34. The van der Waals surface area contributed by atoms with Gasteiger partial charge in [-0.2, -0.15) is 0 Å². The SMILES string of the molecule is CC(C)C(C(=O)N1CCN(C(=O)C2CCCO2)CC1)c1ccccc1. The maximum absolute atomic E-state index is 13.1. The van der Waals surface area contributed by atoms with Gasteiger partial charge in [0.25, 0.3) is 5.91 Å². The lowest BCUT2D eigenvalue weighted by molar-refractivity contribution is -0.146. The molecule has 1 aromatic rings. The molecule has 0 spiro atoms. The molecule has 2 heterocycles. The molecule has 2 amide bonds. The Bertz CT molecular complexity index is 588. The Balaban J connectivity index is 1.61. The molecule has 0 radical (unpaired) electrons. The van der Waals surface area contributed by atoms with Crippen LogP contribution in [0.3, 0.4) is 0 Å². The molecule has 0 aromatic heterocycles. The summed E-state index contributed by atoms with van der Waals surface area (Å²) in [5, 5.41) is 0. The topological polar surface area (TPSA) is 49.9 Å². The van der Waals surface area contributed by atoms with Crippen molar-refractivity contribution in [2.24, 2.45) is 5.92 Å². The highest BCUT2D eigenvalue weighted by molar-refractivity contribution is 5.85. The molecule has 2 fully saturated rings. The highest BCUT2D eigenvalue weighted by Crippen LogP contribution is 2.27. The molecule has 5 nitrogen and oxygen atoms in total. The Hall–Kier alpha value is -1.88. The molecule has 2 aliphatic heterocycles. The van der Waals surface area contributed by atoms with Crippen molar-refractivity contribution >= 4 is 11.8 Å². The van der Waals surface area contributed by atoms with Crippen molar-refractivity contribution < 1.29 is 14.3 Å². The lowest BCUT2D eigenvalue weighted by Gasteiger charge is -2.38. The van der Waals surface area contributed by atoms with Gasteiger partial charge in [0.05, 0.1) is 5.92 Å². The number of piperazine rings is 1. The van der Waals surface area contributed by atoms with Gasteiger partial charge in [-0.25, -0.2) is 0 Å². The molecule has 25 heavy (non-hydrogen) atoms. The van der Waals surface area contributed by atoms with Crippen LogP contribution >= 0.6 is 0 Å². The van der Waals surface area contributed by atoms with E-state index in [1.54, 1.807) is 0 Å². The van der Waals surface area contributed by atoms with Crippen LogP contribution in [-0.4, -0.2) is 60.5 Å². The first-order chi connectivity index (χ1) is 12.1. The maximum atomic E-state index is 13.1. The Morgan fingerprint density at radius 2 is 1.68 bits per heavy atom. The number of ether oxygens (including phenoxy) is 1. The minimum absolute atomic E-state index is 0.0908. The summed E-state index contributed by atoms with van der Waals surface area (Å²) in [6.45, 7) is 7.27. The van der Waals surface area contributed by atoms with E-state index in [4.69, 9.17) is 4.74 Å². The van der Waals surface area contributed by atoms with Gasteiger partial charge < -0.3 is 14.5 Å². The van der Waals surface area contributed by atoms with Gasteiger partial charge in [-0.1, -0.05) is 44.2 Å². The molecule has 5 heteroatoms. The molecule has 2 unspecified atom stereocenters. The first kappa shape index (κ1) is 17.9. The molecule has 2 atom stereocenters. The number of carbonyl (C=O) groups is 2.